The Labute approximate surface area is 271 Å². The van der Waals surface area contributed by atoms with Gasteiger partial charge in [-0.05, 0) is 55.3 Å². The molecule has 2 aromatic rings. The topological polar surface area (TPSA) is 159 Å². The van der Waals surface area contributed by atoms with Crippen LogP contribution in [0.2, 0.25) is 0 Å². The minimum absolute atomic E-state index is 0.0308. The number of hydrogen-bond donors (Lipinski definition) is 3. The SMILES string of the molecule is CC(C)(CCCCN)CN(C[C@H](O)[C@H](Cc1ccccc1)NC(=O)O[C@H]1CO[C@H]2OCC[C@H]21)S(=O)(=O)c1ccc2c(c1)OCCO2. The number of nitrogens with one attached hydrogen (secondary N) is 1. The number of rotatable bonds is 15. The highest BCUT2D eigenvalue weighted by atomic mass is 32.2. The van der Waals surface area contributed by atoms with Crippen LogP contribution in [-0.4, -0.2) is 94.5 Å². The van der Waals surface area contributed by atoms with Crippen molar-refractivity contribution in [3.8, 4) is 11.5 Å². The molecule has 13 heteroatoms. The van der Waals surface area contributed by atoms with Crippen LogP contribution in [0.5, 0.6) is 11.5 Å². The quantitative estimate of drug-likeness (QED) is 0.242. The number of benzene rings is 2. The molecule has 2 aromatic carbocycles. The summed E-state index contributed by atoms with van der Waals surface area (Å²) in [5, 5.41) is 14.6. The monoisotopic (exact) mass is 661 g/mol. The van der Waals surface area contributed by atoms with Crippen molar-refractivity contribution >= 4 is 16.1 Å². The number of ether oxygens (including phenoxy) is 5. The van der Waals surface area contributed by atoms with Crippen molar-refractivity contribution in [1.82, 2.24) is 9.62 Å². The summed E-state index contributed by atoms with van der Waals surface area (Å²) < 4.78 is 58.0. The molecule has 0 radical (unpaired) electrons. The van der Waals surface area contributed by atoms with E-state index in [0.717, 1.165) is 31.2 Å². The number of unbranched alkanes of at least 4 members (excludes halogenated alkanes) is 1. The van der Waals surface area contributed by atoms with E-state index in [1.807, 2.05) is 44.2 Å². The summed E-state index contributed by atoms with van der Waals surface area (Å²) in [5.41, 5.74) is 6.15. The average molecular weight is 662 g/mol. The second-order valence-corrected chi connectivity index (χ2v) is 14.9. The van der Waals surface area contributed by atoms with Gasteiger partial charge < -0.3 is 39.8 Å². The third-order valence-electron chi connectivity index (χ3n) is 8.76. The first kappa shape index (κ1) is 34.4. The molecule has 0 saturated carbocycles. The molecular weight excluding hydrogens is 614 g/mol. The third-order valence-corrected chi connectivity index (χ3v) is 10.6. The van der Waals surface area contributed by atoms with Crippen LogP contribution in [0, 0.1) is 11.3 Å². The van der Waals surface area contributed by atoms with Gasteiger partial charge in [0.25, 0.3) is 0 Å². The summed E-state index contributed by atoms with van der Waals surface area (Å²) >= 11 is 0. The lowest BCUT2D eigenvalue weighted by Gasteiger charge is -2.35. The van der Waals surface area contributed by atoms with E-state index in [9.17, 15) is 18.3 Å². The molecule has 0 bridgehead atoms. The highest BCUT2D eigenvalue weighted by Gasteiger charge is 2.44. The lowest BCUT2D eigenvalue weighted by atomic mass is 9.87. The van der Waals surface area contributed by atoms with Gasteiger partial charge in [-0.1, -0.05) is 50.6 Å². The van der Waals surface area contributed by atoms with Crippen LogP contribution in [0.1, 0.15) is 45.1 Å². The predicted octanol–water partition coefficient (Wildman–Crippen LogP) is 3.06. The number of aliphatic hydroxyl groups is 1. The molecule has 2 fully saturated rings. The molecule has 3 aliphatic rings. The van der Waals surface area contributed by atoms with Crippen molar-refractivity contribution in [2.24, 2.45) is 17.1 Å². The van der Waals surface area contributed by atoms with Crippen molar-refractivity contribution < 1.29 is 42.0 Å². The number of nitrogens with two attached hydrogens (primary N) is 1. The molecule has 3 aliphatic heterocycles. The second kappa shape index (κ2) is 15.3. The molecule has 5 rings (SSSR count). The van der Waals surface area contributed by atoms with Gasteiger partial charge in [-0.25, -0.2) is 13.2 Å². The zero-order valence-electron chi connectivity index (χ0n) is 26.6. The molecule has 0 aromatic heterocycles. The number of aliphatic hydroxyl groups excluding tert-OH is 1. The van der Waals surface area contributed by atoms with E-state index in [1.54, 1.807) is 6.07 Å². The number of sulfonamides is 1. The smallest absolute Gasteiger partial charge is 0.407 e. The lowest BCUT2D eigenvalue weighted by Crippen LogP contribution is -2.52. The molecular formula is C33H47N3O9S. The van der Waals surface area contributed by atoms with E-state index in [1.165, 1.54) is 16.4 Å². The van der Waals surface area contributed by atoms with Gasteiger partial charge >= 0.3 is 6.09 Å². The average Bonchev–Trinajstić information content (AvgIpc) is 3.66. The molecule has 254 valence electrons. The Bertz CT molecular complexity index is 1410. The van der Waals surface area contributed by atoms with E-state index in [4.69, 9.17) is 29.4 Å². The van der Waals surface area contributed by atoms with Gasteiger partial charge in [-0.2, -0.15) is 4.31 Å². The maximum absolute atomic E-state index is 14.3. The number of carbonyl (C=O) groups excluding carboxylic acids is 1. The van der Waals surface area contributed by atoms with Crippen molar-refractivity contribution in [3.63, 3.8) is 0 Å². The van der Waals surface area contributed by atoms with Gasteiger partial charge in [0.05, 0.1) is 36.2 Å². The summed E-state index contributed by atoms with van der Waals surface area (Å²) in [4.78, 5) is 13.2. The lowest BCUT2D eigenvalue weighted by molar-refractivity contribution is -0.0907. The Morgan fingerprint density at radius 1 is 1.09 bits per heavy atom. The molecule has 5 atom stereocenters. The molecule has 2 saturated heterocycles. The number of alkyl carbamates (subject to hydrolysis) is 1. The molecule has 4 N–H and O–H groups in total. The fraction of sp³-hybridized carbons (Fsp3) is 0.606. The summed E-state index contributed by atoms with van der Waals surface area (Å²) in [5.74, 6) is 0.788. The first-order chi connectivity index (χ1) is 22.1. The molecule has 1 amide bonds. The van der Waals surface area contributed by atoms with Crippen LogP contribution in [0.3, 0.4) is 0 Å². The molecule has 3 heterocycles. The van der Waals surface area contributed by atoms with Crippen molar-refractivity contribution in [1.29, 1.82) is 0 Å². The van der Waals surface area contributed by atoms with Crippen LogP contribution in [0.25, 0.3) is 0 Å². The number of amides is 1. The Morgan fingerprint density at radius 2 is 1.85 bits per heavy atom. The first-order valence-corrected chi connectivity index (χ1v) is 17.5. The summed E-state index contributed by atoms with van der Waals surface area (Å²) in [7, 11) is -4.12. The molecule has 0 spiro atoms. The standard InChI is InChI=1S/C33H47N3O9S/c1-33(2,13-6-7-14-34)22-36(46(39,40)24-10-11-28-29(19-24)42-17-16-41-28)20-27(37)26(18-23-8-4-3-5-9-23)35-32(38)45-30-21-44-31-25(30)12-15-43-31/h3-5,8-11,19,25-27,30-31,37H,6-7,12-18,20-22,34H2,1-2H3,(H,35,38)/t25-,26-,27-,30-,31+/m0/s1. The van der Waals surface area contributed by atoms with E-state index in [-0.39, 0.29) is 43.2 Å². The van der Waals surface area contributed by atoms with Crippen LogP contribution >= 0.6 is 0 Å². The Kier molecular flexibility index (Phi) is 11.4. The fourth-order valence-corrected chi connectivity index (χ4v) is 7.91. The van der Waals surface area contributed by atoms with Gasteiger partial charge in [0.2, 0.25) is 10.0 Å². The number of hydrogen-bond acceptors (Lipinski definition) is 10. The van der Waals surface area contributed by atoms with Gasteiger partial charge in [0.15, 0.2) is 17.8 Å². The highest BCUT2D eigenvalue weighted by molar-refractivity contribution is 7.89. The van der Waals surface area contributed by atoms with Crippen molar-refractivity contribution in [3.05, 3.63) is 54.1 Å². The van der Waals surface area contributed by atoms with Gasteiger partial charge in [-0.15, -0.1) is 0 Å². The molecule has 12 nitrogen and oxygen atoms in total. The van der Waals surface area contributed by atoms with Crippen LogP contribution in [-0.2, 0) is 30.7 Å². The Morgan fingerprint density at radius 3 is 2.61 bits per heavy atom. The number of carbonyl (C=O) groups is 1. The van der Waals surface area contributed by atoms with E-state index in [0.29, 0.717) is 37.9 Å². The van der Waals surface area contributed by atoms with Crippen LogP contribution in [0.4, 0.5) is 4.79 Å². The minimum Gasteiger partial charge on any atom is -0.486 e. The highest BCUT2D eigenvalue weighted by Crippen LogP contribution is 2.35. The maximum Gasteiger partial charge on any atom is 0.407 e. The Balaban J connectivity index is 1.38. The van der Waals surface area contributed by atoms with Gasteiger partial charge in [-0.3, -0.25) is 0 Å². The maximum atomic E-state index is 14.3. The zero-order chi connectivity index (χ0) is 32.7. The molecule has 0 aliphatic carbocycles. The summed E-state index contributed by atoms with van der Waals surface area (Å²) in [6.45, 7) is 5.91. The van der Waals surface area contributed by atoms with Crippen LogP contribution in [0.15, 0.2) is 53.4 Å². The predicted molar refractivity (Wildman–Crippen MR) is 170 cm³/mol. The second-order valence-electron chi connectivity index (χ2n) is 13.0. The Hall–Kier alpha value is -2.94. The summed E-state index contributed by atoms with van der Waals surface area (Å²) in [6.07, 6.45) is 0.557. The first-order valence-electron chi connectivity index (χ1n) is 16.1. The van der Waals surface area contributed by atoms with Crippen molar-refractivity contribution in [2.75, 3.05) is 46.1 Å². The van der Waals surface area contributed by atoms with Gasteiger partial charge in [0, 0.05) is 19.2 Å². The number of nitrogens with zero attached hydrogens (tertiary/aromatic N) is 1. The number of fused-ring (bicyclic) bond motifs is 2. The third kappa shape index (κ3) is 8.69. The van der Waals surface area contributed by atoms with Crippen LogP contribution < -0.4 is 20.5 Å². The normalized spacial score (nSPS) is 22.3. The largest absolute Gasteiger partial charge is 0.486 e. The van der Waals surface area contributed by atoms with E-state index >= 15 is 0 Å². The van der Waals surface area contributed by atoms with E-state index < -0.39 is 39.8 Å². The van der Waals surface area contributed by atoms with Gasteiger partial charge in [0.1, 0.15) is 19.3 Å². The van der Waals surface area contributed by atoms with E-state index in [2.05, 4.69) is 5.32 Å². The molecule has 0 unspecified atom stereocenters. The molecule has 46 heavy (non-hydrogen) atoms. The fourth-order valence-electron chi connectivity index (χ4n) is 6.24. The zero-order valence-corrected chi connectivity index (χ0v) is 27.5. The minimum atomic E-state index is -4.12. The summed E-state index contributed by atoms with van der Waals surface area (Å²) in [6, 6.07) is 13.1. The van der Waals surface area contributed by atoms with Crippen molar-refractivity contribution in [2.45, 2.75) is 75.4 Å².